The third-order valence-corrected chi connectivity index (χ3v) is 9.39. The monoisotopic (exact) mass is 556 g/mol. The number of para-hydroxylation sites is 1. The molecule has 0 bridgehead atoms. The Hall–Kier alpha value is -3.75. The summed E-state index contributed by atoms with van der Waals surface area (Å²) in [5, 5.41) is 33.4. The summed E-state index contributed by atoms with van der Waals surface area (Å²) in [6.07, 6.45) is 4.31. The standard InChI is InChI=1S/C28H28N8OS2/c1-37-21-13-11-19(12-14-21)25-32-34-28(36(25)20-8-4-2-5-9-20)38-18-22-17-30-27(39-22)23(16-29)26-33-31-24-10-6-3-7-15-35(24)26/h2,4-5,8-9,11-14,22,30H,3,6-7,10,15,17-18H2,1H3/b27-23+. The summed E-state index contributed by atoms with van der Waals surface area (Å²) >= 11 is 3.37. The number of fused-ring (bicyclic) bond motifs is 1. The molecular weight excluding hydrogens is 528 g/mol. The molecular formula is C28H28N8OS2. The lowest BCUT2D eigenvalue weighted by molar-refractivity contribution is 0.415. The Kier molecular flexibility index (Phi) is 7.56. The minimum Gasteiger partial charge on any atom is -0.497 e. The Morgan fingerprint density at radius 3 is 2.72 bits per heavy atom. The minimum atomic E-state index is 0.269. The molecule has 1 unspecified atom stereocenters. The number of rotatable bonds is 7. The van der Waals surface area contributed by atoms with E-state index in [1.54, 1.807) is 30.6 Å². The van der Waals surface area contributed by atoms with Crippen LogP contribution in [0.2, 0.25) is 0 Å². The van der Waals surface area contributed by atoms with Gasteiger partial charge >= 0.3 is 0 Å². The number of benzene rings is 2. The van der Waals surface area contributed by atoms with Gasteiger partial charge < -0.3 is 14.6 Å². The van der Waals surface area contributed by atoms with E-state index in [1.165, 1.54) is 6.42 Å². The van der Waals surface area contributed by atoms with Crippen molar-refractivity contribution in [3.63, 3.8) is 0 Å². The number of methoxy groups -OCH3 is 1. The summed E-state index contributed by atoms with van der Waals surface area (Å²) in [6, 6.07) is 20.4. The number of aromatic nitrogens is 6. The predicted molar refractivity (Wildman–Crippen MR) is 154 cm³/mol. The predicted octanol–water partition coefficient (Wildman–Crippen LogP) is 4.95. The molecule has 6 rings (SSSR count). The van der Waals surface area contributed by atoms with Crippen molar-refractivity contribution in [2.75, 3.05) is 19.4 Å². The zero-order valence-electron chi connectivity index (χ0n) is 21.6. The van der Waals surface area contributed by atoms with Crippen molar-refractivity contribution < 1.29 is 4.74 Å². The maximum absolute atomic E-state index is 10.1. The molecule has 0 spiro atoms. The minimum absolute atomic E-state index is 0.269. The van der Waals surface area contributed by atoms with E-state index in [1.807, 2.05) is 42.5 Å². The van der Waals surface area contributed by atoms with Crippen molar-refractivity contribution in [1.29, 1.82) is 5.26 Å². The maximum Gasteiger partial charge on any atom is 0.196 e. The van der Waals surface area contributed by atoms with Crippen LogP contribution < -0.4 is 10.1 Å². The van der Waals surface area contributed by atoms with Crippen LogP contribution >= 0.6 is 23.5 Å². The van der Waals surface area contributed by atoms with Crippen molar-refractivity contribution in [2.45, 2.75) is 42.6 Å². The molecule has 4 aromatic rings. The second-order valence-corrected chi connectivity index (χ2v) is 11.7. The van der Waals surface area contributed by atoms with Crippen LogP contribution in [0.15, 0.2) is 64.8 Å². The highest BCUT2D eigenvalue weighted by Gasteiger charge is 2.28. The van der Waals surface area contributed by atoms with Crippen molar-refractivity contribution in [3.05, 3.63) is 71.3 Å². The Labute approximate surface area is 235 Å². The Bertz CT molecular complexity index is 1520. The van der Waals surface area contributed by atoms with Crippen LogP contribution in [-0.4, -0.2) is 54.2 Å². The Morgan fingerprint density at radius 2 is 1.92 bits per heavy atom. The quantitative estimate of drug-likeness (QED) is 0.250. The third-order valence-electron chi connectivity index (χ3n) is 6.84. The van der Waals surface area contributed by atoms with Crippen LogP contribution in [0, 0.1) is 11.3 Å². The number of nitrogens with zero attached hydrogens (tertiary/aromatic N) is 7. The first-order valence-corrected chi connectivity index (χ1v) is 14.9. The van der Waals surface area contributed by atoms with E-state index in [0.717, 1.165) is 76.9 Å². The number of hydrogen-bond acceptors (Lipinski definition) is 9. The van der Waals surface area contributed by atoms with Crippen molar-refractivity contribution in [2.24, 2.45) is 0 Å². The molecule has 39 heavy (non-hydrogen) atoms. The van der Waals surface area contributed by atoms with E-state index in [-0.39, 0.29) is 5.25 Å². The summed E-state index contributed by atoms with van der Waals surface area (Å²) in [4.78, 5) is 0. The molecule has 0 aliphatic carbocycles. The van der Waals surface area contributed by atoms with Crippen molar-refractivity contribution >= 4 is 29.1 Å². The average molecular weight is 557 g/mol. The molecule has 198 valence electrons. The van der Waals surface area contributed by atoms with Crippen LogP contribution in [0.3, 0.4) is 0 Å². The van der Waals surface area contributed by atoms with E-state index >= 15 is 0 Å². The first-order chi connectivity index (χ1) is 19.2. The van der Waals surface area contributed by atoms with Gasteiger partial charge in [0.25, 0.3) is 0 Å². The largest absolute Gasteiger partial charge is 0.497 e. The first kappa shape index (κ1) is 25.5. The van der Waals surface area contributed by atoms with E-state index in [4.69, 9.17) is 4.74 Å². The SMILES string of the molecule is COc1ccc(-c2nnc(SCC3CN/C(=C(/C#N)c4nnc5n4CCCCC5)S3)n2-c2ccccc2)cc1. The van der Waals surface area contributed by atoms with Crippen LogP contribution in [0.25, 0.3) is 22.6 Å². The Balaban J connectivity index is 1.22. The fraction of sp³-hybridized carbons (Fsp3) is 0.321. The first-order valence-electron chi connectivity index (χ1n) is 13.0. The van der Waals surface area contributed by atoms with E-state index < -0.39 is 0 Å². The summed E-state index contributed by atoms with van der Waals surface area (Å²) in [6.45, 7) is 1.63. The molecule has 2 aliphatic rings. The molecule has 4 heterocycles. The molecule has 9 nitrogen and oxygen atoms in total. The maximum atomic E-state index is 10.1. The number of aryl methyl sites for hydroxylation is 1. The lowest BCUT2D eigenvalue weighted by Gasteiger charge is -2.12. The molecule has 0 amide bonds. The van der Waals surface area contributed by atoms with Gasteiger partial charge in [0.1, 0.15) is 23.2 Å². The summed E-state index contributed by atoms with van der Waals surface area (Å²) in [7, 11) is 1.66. The number of ether oxygens (including phenoxy) is 1. The topological polar surface area (TPSA) is 106 Å². The number of thioether (sulfide) groups is 2. The van der Waals surface area contributed by atoms with Gasteiger partial charge in [0.05, 0.1) is 12.1 Å². The fourth-order valence-electron chi connectivity index (χ4n) is 4.84. The molecule has 2 aromatic carbocycles. The second-order valence-electron chi connectivity index (χ2n) is 9.36. The molecule has 2 aromatic heterocycles. The lowest BCUT2D eigenvalue weighted by Crippen LogP contribution is -2.15. The average Bonchev–Trinajstić information content (AvgIpc) is 3.68. The number of nitrogens with one attached hydrogen (secondary N) is 1. The number of allylic oxidation sites excluding steroid dienone is 1. The highest BCUT2D eigenvalue weighted by molar-refractivity contribution is 8.06. The zero-order chi connectivity index (χ0) is 26.6. The van der Waals surface area contributed by atoms with E-state index in [2.05, 4.69) is 53.0 Å². The van der Waals surface area contributed by atoms with Gasteiger partial charge in [0, 0.05) is 41.8 Å². The van der Waals surface area contributed by atoms with Gasteiger partial charge in [-0.2, -0.15) is 5.26 Å². The fourth-order valence-corrected chi connectivity index (χ4v) is 7.11. The number of hydrogen-bond donors (Lipinski definition) is 1. The van der Waals surface area contributed by atoms with Crippen LogP contribution in [0.5, 0.6) is 5.75 Å². The third kappa shape index (κ3) is 5.27. The lowest BCUT2D eigenvalue weighted by atomic mass is 10.2. The van der Waals surface area contributed by atoms with Gasteiger partial charge in [-0.15, -0.1) is 32.2 Å². The van der Waals surface area contributed by atoms with Crippen LogP contribution in [0.1, 0.15) is 30.9 Å². The van der Waals surface area contributed by atoms with E-state index in [0.29, 0.717) is 11.4 Å². The van der Waals surface area contributed by atoms with E-state index in [9.17, 15) is 5.26 Å². The van der Waals surface area contributed by atoms with Gasteiger partial charge in [-0.3, -0.25) is 4.57 Å². The van der Waals surface area contributed by atoms with Crippen molar-refractivity contribution in [3.8, 4) is 28.9 Å². The van der Waals surface area contributed by atoms with Gasteiger partial charge in [0.2, 0.25) is 0 Å². The highest BCUT2D eigenvalue weighted by Crippen LogP contribution is 2.36. The van der Waals surface area contributed by atoms with Crippen molar-refractivity contribution in [1.82, 2.24) is 34.8 Å². The molecule has 1 N–H and O–H groups in total. The molecule has 11 heteroatoms. The van der Waals surface area contributed by atoms with Gasteiger partial charge in [-0.05, 0) is 49.2 Å². The molecule has 0 saturated carbocycles. The highest BCUT2D eigenvalue weighted by atomic mass is 32.2. The zero-order valence-corrected chi connectivity index (χ0v) is 23.2. The van der Waals surface area contributed by atoms with Gasteiger partial charge in [0.15, 0.2) is 16.8 Å². The van der Waals surface area contributed by atoms with Crippen LogP contribution in [0.4, 0.5) is 0 Å². The van der Waals surface area contributed by atoms with Crippen LogP contribution in [-0.2, 0) is 13.0 Å². The van der Waals surface area contributed by atoms with Gasteiger partial charge in [-0.25, -0.2) is 0 Å². The van der Waals surface area contributed by atoms with Gasteiger partial charge in [-0.1, -0.05) is 36.4 Å². The smallest absolute Gasteiger partial charge is 0.196 e. The second kappa shape index (κ2) is 11.6. The molecule has 0 radical (unpaired) electrons. The summed E-state index contributed by atoms with van der Waals surface area (Å²) in [5.41, 5.74) is 2.56. The summed E-state index contributed by atoms with van der Waals surface area (Å²) in [5.74, 6) is 4.06. The molecule has 1 fully saturated rings. The molecule has 1 atom stereocenters. The summed E-state index contributed by atoms with van der Waals surface area (Å²) < 4.78 is 9.55. The normalized spacial score (nSPS) is 18.1. The Morgan fingerprint density at radius 1 is 1.08 bits per heavy atom. The molecule has 2 aliphatic heterocycles. The molecule has 1 saturated heterocycles. The number of nitriles is 1.